The first-order chi connectivity index (χ1) is 8.60. The molecule has 18 heavy (non-hydrogen) atoms. The van der Waals surface area contributed by atoms with Crippen LogP contribution in [0.2, 0.25) is 5.02 Å². The molecule has 1 aliphatic heterocycles. The van der Waals surface area contributed by atoms with E-state index in [0.717, 1.165) is 12.8 Å². The van der Waals surface area contributed by atoms with Gasteiger partial charge in [-0.3, -0.25) is 9.59 Å². The van der Waals surface area contributed by atoms with Crippen LogP contribution in [0.1, 0.15) is 46.9 Å². The smallest absolute Gasteiger partial charge is 0.198 e. The van der Waals surface area contributed by atoms with Gasteiger partial charge in [0.25, 0.3) is 0 Å². The largest absolute Gasteiger partial charge is 0.349 e. The second-order valence-electron chi connectivity index (χ2n) is 4.87. The Hall–Kier alpha value is -1.19. The maximum atomic E-state index is 12.4. The predicted octanol–water partition coefficient (Wildman–Crippen LogP) is 3.05. The minimum absolute atomic E-state index is 0.0628. The molecule has 0 saturated carbocycles. The Morgan fingerprint density at radius 2 is 2.11 bits per heavy atom. The zero-order chi connectivity index (χ0) is 12.9. The van der Waals surface area contributed by atoms with Gasteiger partial charge in [0.2, 0.25) is 0 Å². The average molecular weight is 265 g/mol. The van der Waals surface area contributed by atoms with Crippen molar-refractivity contribution in [3.05, 3.63) is 34.3 Å². The van der Waals surface area contributed by atoms with Crippen molar-refractivity contribution in [1.29, 1.82) is 0 Å². The lowest BCUT2D eigenvalue weighted by Gasteiger charge is -2.18. The van der Waals surface area contributed by atoms with E-state index in [2.05, 4.69) is 6.92 Å². The molecule has 94 valence electrons. The number of Topliss-reactive ketones (excluding diaryl/α,β-unsaturated/α-hetero) is 2. The lowest BCUT2D eigenvalue weighted by Crippen LogP contribution is -2.36. The van der Waals surface area contributed by atoms with Crippen LogP contribution in [0.4, 0.5) is 0 Å². The normalized spacial score (nSPS) is 28.9. The van der Waals surface area contributed by atoms with E-state index in [9.17, 15) is 9.59 Å². The van der Waals surface area contributed by atoms with Crippen molar-refractivity contribution in [1.82, 2.24) is 0 Å². The van der Waals surface area contributed by atoms with E-state index in [0.29, 0.717) is 22.6 Å². The van der Waals surface area contributed by atoms with Gasteiger partial charge >= 0.3 is 0 Å². The van der Waals surface area contributed by atoms with Crippen molar-refractivity contribution in [2.45, 2.75) is 37.9 Å². The van der Waals surface area contributed by atoms with Crippen LogP contribution in [0.5, 0.6) is 0 Å². The molecule has 4 heteroatoms. The number of benzene rings is 1. The molecule has 2 aliphatic rings. The first kappa shape index (κ1) is 11.9. The summed E-state index contributed by atoms with van der Waals surface area (Å²) in [4.78, 5) is 24.6. The maximum absolute atomic E-state index is 12.4. The standard InChI is InChI=1S/C14H13ClO3/c1-2-3-6-14-12(17)9-5-4-8(15)7-10(9)11(16)13(14)18-14/h4-5,7,13H,2-3,6H2,1H3. The Labute approximate surface area is 110 Å². The van der Waals surface area contributed by atoms with Gasteiger partial charge < -0.3 is 4.74 Å². The van der Waals surface area contributed by atoms with E-state index >= 15 is 0 Å². The Balaban J connectivity index is 2.03. The summed E-state index contributed by atoms with van der Waals surface area (Å²) >= 11 is 5.86. The quantitative estimate of drug-likeness (QED) is 0.789. The number of ketones is 2. The van der Waals surface area contributed by atoms with E-state index < -0.39 is 11.7 Å². The number of epoxide rings is 1. The molecule has 0 spiro atoms. The predicted molar refractivity (Wildman–Crippen MR) is 67.2 cm³/mol. The SMILES string of the molecule is CCCCC12OC1C(=O)c1cc(Cl)ccc1C2=O. The Morgan fingerprint density at radius 3 is 2.83 bits per heavy atom. The molecule has 1 aliphatic carbocycles. The Kier molecular flexibility index (Phi) is 2.57. The molecule has 3 rings (SSSR count). The number of hydrogen-bond acceptors (Lipinski definition) is 3. The van der Waals surface area contributed by atoms with Crippen molar-refractivity contribution in [2.24, 2.45) is 0 Å². The molecule has 0 bridgehead atoms. The molecule has 2 atom stereocenters. The van der Waals surface area contributed by atoms with Crippen LogP contribution in [0.3, 0.4) is 0 Å². The lowest BCUT2D eigenvalue weighted by molar-refractivity contribution is 0.0850. The van der Waals surface area contributed by atoms with Gasteiger partial charge in [-0.05, 0) is 24.6 Å². The average Bonchev–Trinajstić information content (AvgIpc) is 3.10. The maximum Gasteiger partial charge on any atom is 0.198 e. The summed E-state index contributed by atoms with van der Waals surface area (Å²) in [6.45, 7) is 2.05. The van der Waals surface area contributed by atoms with E-state index in [1.54, 1.807) is 18.2 Å². The van der Waals surface area contributed by atoms with Crippen LogP contribution in [0, 0.1) is 0 Å². The van der Waals surface area contributed by atoms with Gasteiger partial charge in [0.15, 0.2) is 23.3 Å². The van der Waals surface area contributed by atoms with Gasteiger partial charge in [-0.1, -0.05) is 31.4 Å². The Morgan fingerprint density at radius 1 is 1.33 bits per heavy atom. The third kappa shape index (κ3) is 1.47. The van der Waals surface area contributed by atoms with Crippen molar-refractivity contribution in [2.75, 3.05) is 0 Å². The van der Waals surface area contributed by atoms with Gasteiger partial charge in [0, 0.05) is 16.1 Å². The summed E-state index contributed by atoms with van der Waals surface area (Å²) in [5.41, 5.74) is -0.00938. The molecule has 0 radical (unpaired) electrons. The number of carbonyl (C=O) groups is 2. The third-order valence-electron chi connectivity index (χ3n) is 3.71. The number of rotatable bonds is 3. The van der Waals surface area contributed by atoms with Crippen LogP contribution in [-0.2, 0) is 4.74 Å². The molecule has 1 fully saturated rings. The molecule has 0 aromatic heterocycles. The number of hydrogen-bond donors (Lipinski definition) is 0. The molecular formula is C14H13ClO3. The van der Waals surface area contributed by atoms with Gasteiger partial charge in [-0.25, -0.2) is 0 Å². The van der Waals surface area contributed by atoms with Crippen molar-refractivity contribution in [3.63, 3.8) is 0 Å². The van der Waals surface area contributed by atoms with Gasteiger partial charge in [-0.2, -0.15) is 0 Å². The summed E-state index contributed by atoms with van der Waals surface area (Å²) in [7, 11) is 0. The van der Waals surface area contributed by atoms with E-state index in [1.807, 2.05) is 0 Å². The molecule has 0 N–H and O–H groups in total. The first-order valence-corrected chi connectivity index (χ1v) is 6.54. The van der Waals surface area contributed by atoms with Crippen molar-refractivity contribution >= 4 is 23.2 Å². The third-order valence-corrected chi connectivity index (χ3v) is 3.95. The van der Waals surface area contributed by atoms with Gasteiger partial charge in [0.05, 0.1) is 0 Å². The second-order valence-corrected chi connectivity index (χ2v) is 5.31. The number of unbranched alkanes of at least 4 members (excludes halogenated alkanes) is 1. The zero-order valence-corrected chi connectivity index (χ0v) is 10.8. The summed E-state index contributed by atoms with van der Waals surface area (Å²) in [5.74, 6) is -0.171. The van der Waals surface area contributed by atoms with Crippen LogP contribution in [0.25, 0.3) is 0 Å². The minimum atomic E-state index is -0.867. The van der Waals surface area contributed by atoms with E-state index in [4.69, 9.17) is 16.3 Å². The highest BCUT2D eigenvalue weighted by Gasteiger charge is 2.68. The number of carbonyl (C=O) groups excluding carboxylic acids is 2. The fraction of sp³-hybridized carbons (Fsp3) is 0.429. The van der Waals surface area contributed by atoms with E-state index in [-0.39, 0.29) is 11.6 Å². The molecule has 3 nitrogen and oxygen atoms in total. The molecule has 1 aromatic rings. The molecular weight excluding hydrogens is 252 g/mol. The fourth-order valence-electron chi connectivity index (χ4n) is 2.64. The molecule has 1 saturated heterocycles. The summed E-state index contributed by atoms with van der Waals surface area (Å²) in [6, 6.07) is 4.83. The highest BCUT2D eigenvalue weighted by atomic mass is 35.5. The number of halogens is 1. The Bertz CT molecular complexity index is 552. The summed E-state index contributed by atoms with van der Waals surface area (Å²) < 4.78 is 5.47. The molecule has 2 unspecified atom stereocenters. The van der Waals surface area contributed by atoms with Crippen molar-refractivity contribution < 1.29 is 14.3 Å². The lowest BCUT2D eigenvalue weighted by atomic mass is 9.79. The number of ether oxygens (including phenoxy) is 1. The van der Waals surface area contributed by atoms with Crippen LogP contribution < -0.4 is 0 Å². The van der Waals surface area contributed by atoms with Crippen LogP contribution in [0.15, 0.2) is 18.2 Å². The minimum Gasteiger partial charge on any atom is -0.349 e. The molecule has 0 amide bonds. The van der Waals surface area contributed by atoms with Gasteiger partial charge in [-0.15, -0.1) is 0 Å². The fourth-order valence-corrected chi connectivity index (χ4v) is 2.82. The van der Waals surface area contributed by atoms with E-state index in [1.165, 1.54) is 0 Å². The molecule has 1 heterocycles. The van der Waals surface area contributed by atoms with Gasteiger partial charge in [0.1, 0.15) is 0 Å². The second kappa shape index (κ2) is 3.90. The van der Waals surface area contributed by atoms with Crippen molar-refractivity contribution in [3.8, 4) is 0 Å². The molecule has 1 aromatic carbocycles. The monoisotopic (exact) mass is 264 g/mol. The highest BCUT2D eigenvalue weighted by molar-refractivity contribution is 6.32. The summed E-state index contributed by atoms with van der Waals surface area (Å²) in [6.07, 6.45) is 1.91. The first-order valence-electron chi connectivity index (χ1n) is 6.16. The van der Waals surface area contributed by atoms with Crippen LogP contribution in [-0.4, -0.2) is 23.3 Å². The number of fused-ring (bicyclic) bond motifs is 2. The topological polar surface area (TPSA) is 46.7 Å². The van der Waals surface area contributed by atoms with Crippen LogP contribution >= 0.6 is 11.6 Å². The zero-order valence-electron chi connectivity index (χ0n) is 10.0. The summed E-state index contributed by atoms with van der Waals surface area (Å²) in [5, 5.41) is 0.469. The highest BCUT2D eigenvalue weighted by Crippen LogP contribution is 2.49.